The molecule has 1 aliphatic heterocycles. The number of benzene rings is 1. The Bertz CT molecular complexity index is 763. The Morgan fingerprint density at radius 1 is 1.12 bits per heavy atom. The summed E-state index contributed by atoms with van der Waals surface area (Å²) in [5, 5.41) is 8.07. The number of hydrogen-bond acceptors (Lipinski definition) is 3. The molecule has 1 aromatic heterocycles. The van der Waals surface area contributed by atoms with E-state index in [1.165, 1.54) is 16.9 Å². The number of carbonyl (C=O) groups is 2. The van der Waals surface area contributed by atoms with Crippen LogP contribution in [-0.4, -0.2) is 42.0 Å². The van der Waals surface area contributed by atoms with E-state index >= 15 is 0 Å². The number of piperidine rings is 1. The first-order valence-corrected chi connectivity index (χ1v) is 10.0. The highest BCUT2D eigenvalue weighted by Crippen LogP contribution is 2.38. The van der Waals surface area contributed by atoms with Gasteiger partial charge in [-0.1, -0.05) is 36.4 Å². The highest BCUT2D eigenvalue weighted by Gasteiger charge is 2.47. The molecule has 2 fully saturated rings. The fourth-order valence-corrected chi connectivity index (χ4v) is 4.75. The minimum Gasteiger partial charge on any atom is -0.347 e. The third kappa shape index (κ3) is 3.60. The number of nitrogens with zero attached hydrogens (tertiary/aromatic N) is 1. The average molecular weight is 369 g/mol. The lowest BCUT2D eigenvalue weighted by molar-refractivity contribution is 0.0907. The molecule has 1 aliphatic carbocycles. The van der Waals surface area contributed by atoms with Crippen molar-refractivity contribution in [2.45, 2.75) is 31.3 Å². The van der Waals surface area contributed by atoms with Crippen LogP contribution in [0.15, 0.2) is 47.8 Å². The maximum absolute atomic E-state index is 12.6. The summed E-state index contributed by atoms with van der Waals surface area (Å²) >= 11 is 1.45. The molecule has 1 saturated heterocycles. The largest absolute Gasteiger partial charge is 0.347 e. The summed E-state index contributed by atoms with van der Waals surface area (Å²) in [6.45, 7) is 1.43. The molecule has 0 radical (unpaired) electrons. The van der Waals surface area contributed by atoms with Crippen molar-refractivity contribution in [1.82, 2.24) is 15.5 Å². The van der Waals surface area contributed by atoms with Gasteiger partial charge in [0.25, 0.3) is 5.91 Å². The second-order valence-electron chi connectivity index (χ2n) is 7.08. The van der Waals surface area contributed by atoms with Crippen LogP contribution in [0.2, 0.25) is 0 Å². The first kappa shape index (κ1) is 17.1. The second kappa shape index (κ2) is 7.50. The number of thiophene rings is 1. The van der Waals surface area contributed by atoms with Gasteiger partial charge in [0.15, 0.2) is 0 Å². The Hall–Kier alpha value is -2.34. The normalized spacial score (nSPS) is 23.8. The first-order chi connectivity index (χ1) is 12.7. The van der Waals surface area contributed by atoms with Gasteiger partial charge >= 0.3 is 6.03 Å². The van der Waals surface area contributed by atoms with E-state index in [1.807, 2.05) is 40.6 Å². The number of nitrogens with one attached hydrogen (secondary N) is 2. The molecule has 2 aromatic rings. The maximum atomic E-state index is 12.6. The van der Waals surface area contributed by atoms with Gasteiger partial charge in [-0.2, -0.15) is 0 Å². The second-order valence-corrected chi connectivity index (χ2v) is 8.03. The highest BCUT2D eigenvalue weighted by atomic mass is 32.1. The fourth-order valence-electron chi connectivity index (χ4n) is 4.12. The van der Waals surface area contributed by atoms with Crippen LogP contribution in [0.5, 0.6) is 0 Å². The number of amides is 3. The molecule has 0 spiro atoms. The van der Waals surface area contributed by atoms with Gasteiger partial charge in [-0.25, -0.2) is 4.79 Å². The molecule has 136 valence electrons. The van der Waals surface area contributed by atoms with Crippen LogP contribution in [-0.2, 0) is 6.42 Å². The number of likely N-dealkylation sites (tertiary alicyclic amines) is 1. The van der Waals surface area contributed by atoms with E-state index in [4.69, 9.17) is 0 Å². The molecule has 26 heavy (non-hydrogen) atoms. The number of urea groups is 1. The third-order valence-electron chi connectivity index (χ3n) is 5.34. The van der Waals surface area contributed by atoms with Crippen LogP contribution >= 0.6 is 11.3 Å². The van der Waals surface area contributed by atoms with E-state index in [-0.39, 0.29) is 24.0 Å². The summed E-state index contributed by atoms with van der Waals surface area (Å²) in [6, 6.07) is 14.0. The minimum atomic E-state index is -0.0259. The summed E-state index contributed by atoms with van der Waals surface area (Å²) in [5.74, 6) is 0.468. The van der Waals surface area contributed by atoms with Crippen molar-refractivity contribution < 1.29 is 9.59 Å². The van der Waals surface area contributed by atoms with Gasteiger partial charge < -0.3 is 15.5 Å². The van der Waals surface area contributed by atoms with E-state index in [9.17, 15) is 9.59 Å². The standard InChI is InChI=1S/C20H23N3O2S/c24-19(18-7-4-10-26-18)22-16-11-15-12-17(16)23(13-15)20(25)21-9-8-14-5-2-1-3-6-14/h1-7,10,15-17H,8-9,11-13H2,(H,21,25)(H,22,24)/t15-,16+,17-/m1/s1. The van der Waals surface area contributed by atoms with Crippen molar-refractivity contribution in [2.24, 2.45) is 5.92 Å². The van der Waals surface area contributed by atoms with Gasteiger partial charge in [-0.3, -0.25) is 4.79 Å². The van der Waals surface area contributed by atoms with Crippen molar-refractivity contribution in [2.75, 3.05) is 13.1 Å². The van der Waals surface area contributed by atoms with Gasteiger partial charge in [0, 0.05) is 13.1 Å². The molecule has 5 nitrogen and oxygen atoms in total. The Kier molecular flexibility index (Phi) is 4.93. The number of hydrogen-bond donors (Lipinski definition) is 2. The SMILES string of the molecule is O=C(N[C@H]1C[C@@H]2C[C@H]1N(C(=O)NCCc1ccccc1)C2)c1cccs1. The molecule has 2 aliphatic rings. The molecule has 2 heterocycles. The summed E-state index contributed by atoms with van der Waals surface area (Å²) in [6.07, 6.45) is 2.78. The zero-order valence-corrected chi connectivity index (χ0v) is 15.4. The predicted molar refractivity (Wildman–Crippen MR) is 102 cm³/mol. The predicted octanol–water partition coefficient (Wildman–Crippen LogP) is 2.89. The van der Waals surface area contributed by atoms with Gasteiger partial charge in [0.2, 0.25) is 0 Å². The van der Waals surface area contributed by atoms with Gasteiger partial charge in [0.1, 0.15) is 0 Å². The Morgan fingerprint density at radius 2 is 1.96 bits per heavy atom. The number of fused-ring (bicyclic) bond motifs is 2. The molecule has 3 amide bonds. The van der Waals surface area contributed by atoms with Crippen molar-refractivity contribution in [3.8, 4) is 0 Å². The summed E-state index contributed by atoms with van der Waals surface area (Å²) < 4.78 is 0. The summed E-state index contributed by atoms with van der Waals surface area (Å²) in [4.78, 5) is 27.6. The molecule has 2 N–H and O–H groups in total. The number of carbonyl (C=O) groups excluding carboxylic acids is 2. The van der Waals surface area contributed by atoms with Crippen LogP contribution in [0.3, 0.4) is 0 Å². The van der Waals surface area contributed by atoms with E-state index in [0.717, 1.165) is 30.7 Å². The van der Waals surface area contributed by atoms with Gasteiger partial charge in [-0.05, 0) is 42.2 Å². The summed E-state index contributed by atoms with van der Waals surface area (Å²) in [5.41, 5.74) is 1.22. The molecule has 3 atom stereocenters. The third-order valence-corrected chi connectivity index (χ3v) is 6.21. The van der Waals surface area contributed by atoms with Gasteiger partial charge in [0.05, 0.1) is 17.0 Å². The lowest BCUT2D eigenvalue weighted by atomic mass is 10.1. The van der Waals surface area contributed by atoms with Crippen LogP contribution in [0, 0.1) is 5.92 Å². The van der Waals surface area contributed by atoms with Crippen molar-refractivity contribution in [3.63, 3.8) is 0 Å². The minimum absolute atomic E-state index is 0.0106. The molecular weight excluding hydrogens is 346 g/mol. The molecule has 1 aromatic carbocycles. The van der Waals surface area contributed by atoms with E-state index in [0.29, 0.717) is 12.5 Å². The summed E-state index contributed by atoms with van der Waals surface area (Å²) in [7, 11) is 0. The quantitative estimate of drug-likeness (QED) is 0.851. The Labute approximate surface area is 157 Å². The zero-order chi connectivity index (χ0) is 17.9. The highest BCUT2D eigenvalue weighted by molar-refractivity contribution is 7.12. The molecule has 2 bridgehead atoms. The van der Waals surface area contributed by atoms with E-state index < -0.39 is 0 Å². The Morgan fingerprint density at radius 3 is 2.69 bits per heavy atom. The first-order valence-electron chi connectivity index (χ1n) is 9.13. The average Bonchev–Trinajstić information content (AvgIpc) is 3.39. The van der Waals surface area contributed by atoms with Crippen molar-refractivity contribution in [1.29, 1.82) is 0 Å². The molecule has 6 heteroatoms. The lowest BCUT2D eigenvalue weighted by Crippen LogP contribution is -2.54. The molecule has 0 unspecified atom stereocenters. The van der Waals surface area contributed by atoms with E-state index in [1.54, 1.807) is 0 Å². The molecule has 4 rings (SSSR count). The maximum Gasteiger partial charge on any atom is 0.317 e. The van der Waals surface area contributed by atoms with E-state index in [2.05, 4.69) is 22.8 Å². The smallest absolute Gasteiger partial charge is 0.317 e. The van der Waals surface area contributed by atoms with Crippen LogP contribution in [0.1, 0.15) is 28.1 Å². The fraction of sp³-hybridized carbons (Fsp3) is 0.400. The monoisotopic (exact) mass is 369 g/mol. The lowest BCUT2D eigenvalue weighted by Gasteiger charge is -2.33. The number of rotatable bonds is 5. The van der Waals surface area contributed by atoms with Crippen LogP contribution < -0.4 is 10.6 Å². The topological polar surface area (TPSA) is 61.4 Å². The zero-order valence-electron chi connectivity index (χ0n) is 14.6. The molecular formula is C20H23N3O2S. The van der Waals surface area contributed by atoms with Crippen LogP contribution in [0.25, 0.3) is 0 Å². The van der Waals surface area contributed by atoms with Gasteiger partial charge in [-0.15, -0.1) is 11.3 Å². The van der Waals surface area contributed by atoms with Crippen molar-refractivity contribution >= 4 is 23.3 Å². The Balaban J connectivity index is 1.30. The van der Waals surface area contributed by atoms with Crippen molar-refractivity contribution in [3.05, 3.63) is 58.3 Å². The molecule has 1 saturated carbocycles. The van der Waals surface area contributed by atoms with Crippen LogP contribution in [0.4, 0.5) is 4.79 Å².